The van der Waals surface area contributed by atoms with Gasteiger partial charge in [0.1, 0.15) is 36.1 Å². The van der Waals surface area contributed by atoms with Crippen LogP contribution in [0.5, 0.6) is 0 Å². The Morgan fingerprint density at radius 3 is 2.34 bits per heavy atom. The van der Waals surface area contributed by atoms with Crippen LogP contribution in [0.4, 0.5) is 0 Å². The van der Waals surface area contributed by atoms with Crippen molar-refractivity contribution >= 4 is 0 Å². The van der Waals surface area contributed by atoms with Crippen LogP contribution in [0.3, 0.4) is 0 Å². The van der Waals surface area contributed by atoms with Crippen molar-refractivity contribution in [2.24, 2.45) is 0 Å². The first-order valence-electron chi connectivity index (χ1n) is 11.0. The molecule has 4 rings (SSSR count). The molecule has 1 aliphatic carbocycles. The molecule has 5 N–H and O–H groups in total. The highest BCUT2D eigenvalue weighted by molar-refractivity contribution is 5.41. The average molecular weight is 439 g/mol. The fraction of sp³-hybridized carbons (Fsp3) is 0.462. The van der Waals surface area contributed by atoms with Gasteiger partial charge in [-0.1, -0.05) is 42.2 Å². The summed E-state index contributed by atoms with van der Waals surface area (Å²) in [6.07, 6.45) is -2.70. The Hall–Kier alpha value is -2.24. The Morgan fingerprint density at radius 2 is 1.72 bits per heavy atom. The molecule has 1 unspecified atom stereocenters. The zero-order valence-electron chi connectivity index (χ0n) is 18.1. The van der Waals surface area contributed by atoms with Crippen LogP contribution in [0, 0.1) is 18.8 Å². The Kier molecular flexibility index (Phi) is 6.68. The van der Waals surface area contributed by atoms with Crippen molar-refractivity contribution in [2.45, 2.75) is 68.7 Å². The molecule has 6 nitrogen and oxygen atoms in total. The van der Waals surface area contributed by atoms with Gasteiger partial charge < -0.3 is 30.3 Å². The summed E-state index contributed by atoms with van der Waals surface area (Å²) < 4.78 is 5.70. The Bertz CT molecular complexity index is 999. The minimum atomic E-state index is -1.40. The predicted octanol–water partition coefficient (Wildman–Crippen LogP) is 1.37. The molecular weight excluding hydrogens is 408 g/mol. The van der Waals surface area contributed by atoms with Gasteiger partial charge in [-0.2, -0.15) is 0 Å². The number of ether oxygens (including phenoxy) is 1. The Balaban J connectivity index is 1.51. The average Bonchev–Trinajstić information content (AvgIpc) is 2.77. The standard InChI is InChI=1S/C26H30O6/c1-16-3-8-19(25-24(30)23(29)22(28)21(15-27)32-25)14-20(16)13-18-6-4-17(5-7-18)9-12-26(31)10-2-11-26/h3-8,14,21-25,27-31H,2,10-11,13,15H2,1H3/t21-,22-,23+,24?,25+/m1/s1. The zero-order chi connectivity index (χ0) is 22.9. The molecule has 1 saturated heterocycles. The first kappa shape index (κ1) is 22.9. The number of benzene rings is 2. The van der Waals surface area contributed by atoms with Gasteiger partial charge in [-0.15, -0.1) is 0 Å². The van der Waals surface area contributed by atoms with E-state index in [0.29, 0.717) is 12.0 Å². The number of aliphatic hydroxyl groups is 5. The fourth-order valence-electron chi connectivity index (χ4n) is 4.19. The molecule has 0 spiro atoms. The van der Waals surface area contributed by atoms with Crippen LogP contribution >= 0.6 is 0 Å². The number of hydrogen-bond donors (Lipinski definition) is 5. The molecule has 1 heterocycles. The van der Waals surface area contributed by atoms with E-state index in [9.17, 15) is 25.5 Å². The molecular formula is C26H30O6. The molecule has 0 aromatic heterocycles. The third kappa shape index (κ3) is 4.74. The highest BCUT2D eigenvalue weighted by atomic mass is 16.5. The highest BCUT2D eigenvalue weighted by Gasteiger charge is 2.44. The summed E-state index contributed by atoms with van der Waals surface area (Å²) in [6, 6.07) is 13.6. The van der Waals surface area contributed by atoms with Crippen LogP contribution < -0.4 is 0 Å². The molecule has 170 valence electrons. The third-order valence-electron chi connectivity index (χ3n) is 6.56. The van der Waals surface area contributed by atoms with E-state index in [0.717, 1.165) is 41.5 Å². The van der Waals surface area contributed by atoms with Crippen molar-refractivity contribution in [3.05, 3.63) is 70.3 Å². The smallest absolute Gasteiger partial charge is 0.125 e. The van der Waals surface area contributed by atoms with E-state index in [-0.39, 0.29) is 0 Å². The SMILES string of the molecule is Cc1ccc([C@@H]2O[C@H](CO)[C@@H](O)[C@H](O)C2O)cc1Cc1ccc(C#CC2(O)CCC2)cc1. The summed E-state index contributed by atoms with van der Waals surface area (Å²) in [4.78, 5) is 0. The topological polar surface area (TPSA) is 110 Å². The number of hydrogen-bond acceptors (Lipinski definition) is 6. The monoisotopic (exact) mass is 438 g/mol. The third-order valence-corrected chi connectivity index (χ3v) is 6.56. The molecule has 2 aromatic rings. The molecule has 5 atom stereocenters. The second-order valence-corrected chi connectivity index (χ2v) is 8.94. The Labute approximate surface area is 188 Å². The van der Waals surface area contributed by atoms with Crippen LogP contribution in [0.1, 0.15) is 53.2 Å². The van der Waals surface area contributed by atoms with E-state index in [2.05, 4.69) is 11.8 Å². The van der Waals surface area contributed by atoms with Crippen molar-refractivity contribution in [1.82, 2.24) is 0 Å². The van der Waals surface area contributed by atoms with E-state index in [1.807, 2.05) is 49.4 Å². The number of aliphatic hydroxyl groups excluding tert-OH is 4. The second-order valence-electron chi connectivity index (χ2n) is 8.94. The Morgan fingerprint density at radius 1 is 1.00 bits per heavy atom. The molecule has 32 heavy (non-hydrogen) atoms. The minimum absolute atomic E-state index is 0.452. The van der Waals surface area contributed by atoms with Crippen molar-refractivity contribution < 1.29 is 30.3 Å². The lowest BCUT2D eigenvalue weighted by atomic mass is 9.81. The van der Waals surface area contributed by atoms with Crippen LogP contribution in [0.25, 0.3) is 0 Å². The number of rotatable bonds is 4. The minimum Gasteiger partial charge on any atom is -0.394 e. The van der Waals surface area contributed by atoms with Crippen molar-refractivity contribution in [1.29, 1.82) is 0 Å². The molecule has 0 bridgehead atoms. The van der Waals surface area contributed by atoms with E-state index < -0.39 is 42.7 Å². The van der Waals surface area contributed by atoms with Crippen LogP contribution in [-0.4, -0.2) is 62.2 Å². The molecule has 1 aliphatic heterocycles. The molecule has 2 aromatic carbocycles. The molecule has 0 amide bonds. The van der Waals surface area contributed by atoms with Gasteiger partial charge in [-0.3, -0.25) is 0 Å². The quantitative estimate of drug-likeness (QED) is 0.461. The van der Waals surface area contributed by atoms with Gasteiger partial charge in [0.05, 0.1) is 6.61 Å². The van der Waals surface area contributed by atoms with E-state index in [1.54, 1.807) is 0 Å². The molecule has 6 heteroatoms. The predicted molar refractivity (Wildman–Crippen MR) is 119 cm³/mol. The first-order chi connectivity index (χ1) is 15.3. The van der Waals surface area contributed by atoms with Crippen molar-refractivity contribution in [3.8, 4) is 11.8 Å². The summed E-state index contributed by atoms with van der Waals surface area (Å²) in [5, 5.41) is 50.1. The lowest BCUT2D eigenvalue weighted by molar-refractivity contribution is -0.231. The van der Waals surface area contributed by atoms with Gasteiger partial charge in [-0.25, -0.2) is 0 Å². The molecule has 0 radical (unpaired) electrons. The summed E-state index contributed by atoms with van der Waals surface area (Å²) in [7, 11) is 0. The van der Waals surface area contributed by atoms with Crippen LogP contribution in [0.15, 0.2) is 42.5 Å². The lowest BCUT2D eigenvalue weighted by Crippen LogP contribution is -2.55. The van der Waals surface area contributed by atoms with E-state index in [4.69, 9.17) is 4.74 Å². The van der Waals surface area contributed by atoms with Crippen LogP contribution in [0.2, 0.25) is 0 Å². The summed E-state index contributed by atoms with van der Waals surface area (Å²) in [6.45, 7) is 1.55. The molecule has 2 aliphatic rings. The summed E-state index contributed by atoms with van der Waals surface area (Å²) in [5.41, 5.74) is 3.93. The van der Waals surface area contributed by atoms with Gasteiger partial charge >= 0.3 is 0 Å². The second kappa shape index (κ2) is 9.32. The highest BCUT2D eigenvalue weighted by Crippen LogP contribution is 2.34. The first-order valence-corrected chi connectivity index (χ1v) is 11.0. The van der Waals surface area contributed by atoms with Gasteiger partial charge in [0.25, 0.3) is 0 Å². The zero-order valence-corrected chi connectivity index (χ0v) is 18.1. The molecule has 2 fully saturated rings. The fourth-order valence-corrected chi connectivity index (χ4v) is 4.19. The van der Waals surface area contributed by atoms with E-state index in [1.165, 1.54) is 0 Å². The van der Waals surface area contributed by atoms with Gasteiger partial charge in [0.2, 0.25) is 0 Å². The van der Waals surface area contributed by atoms with Crippen molar-refractivity contribution in [3.63, 3.8) is 0 Å². The van der Waals surface area contributed by atoms with Crippen molar-refractivity contribution in [2.75, 3.05) is 6.61 Å². The largest absolute Gasteiger partial charge is 0.394 e. The van der Waals surface area contributed by atoms with E-state index >= 15 is 0 Å². The summed E-state index contributed by atoms with van der Waals surface area (Å²) in [5.74, 6) is 6.02. The maximum Gasteiger partial charge on any atom is 0.125 e. The number of aryl methyl sites for hydroxylation is 1. The van der Waals surface area contributed by atoms with Gasteiger partial charge in [-0.05, 0) is 67.0 Å². The van der Waals surface area contributed by atoms with Gasteiger partial charge in [0.15, 0.2) is 0 Å². The molecule has 1 saturated carbocycles. The van der Waals surface area contributed by atoms with Gasteiger partial charge in [0, 0.05) is 5.56 Å². The maximum atomic E-state index is 10.4. The summed E-state index contributed by atoms with van der Waals surface area (Å²) >= 11 is 0. The normalized spacial score (nSPS) is 29.0. The lowest BCUT2D eigenvalue weighted by Gasteiger charge is -2.40. The maximum absolute atomic E-state index is 10.4. The van der Waals surface area contributed by atoms with Crippen LogP contribution in [-0.2, 0) is 11.2 Å².